The van der Waals surface area contributed by atoms with Crippen molar-refractivity contribution in [3.8, 4) is 0 Å². The van der Waals surface area contributed by atoms with Gasteiger partial charge in [0.15, 0.2) is 9.34 Å². The van der Waals surface area contributed by atoms with Gasteiger partial charge in [0, 0.05) is 11.3 Å². The topological polar surface area (TPSA) is 85.1 Å². The fraction of sp³-hybridized carbons (Fsp3) is 0.667. The van der Waals surface area contributed by atoms with Crippen molar-refractivity contribution in [1.29, 1.82) is 0 Å². The summed E-state index contributed by atoms with van der Waals surface area (Å²) in [5.41, 5.74) is 0.446. The third kappa shape index (κ3) is 4.13. The Labute approximate surface area is 110 Å². The molecule has 0 aliphatic heterocycles. The van der Waals surface area contributed by atoms with E-state index in [-0.39, 0.29) is 8.96 Å². The van der Waals surface area contributed by atoms with Gasteiger partial charge in [0.1, 0.15) is 0 Å². The summed E-state index contributed by atoms with van der Waals surface area (Å²) in [6.45, 7) is 6.56. The summed E-state index contributed by atoms with van der Waals surface area (Å²) in [5.74, 6) is 0. The summed E-state index contributed by atoms with van der Waals surface area (Å²) in [5, 5.41) is 8.82. The van der Waals surface area contributed by atoms with E-state index in [1.54, 1.807) is 18.7 Å². The number of sulfonamides is 1. The molecular weight excluding hydrogens is 278 g/mol. The van der Waals surface area contributed by atoms with Gasteiger partial charge in [-0.05, 0) is 27.0 Å². The first-order valence-corrected chi connectivity index (χ1v) is 8.54. The smallest absolute Gasteiger partial charge is 0.249 e. The quantitative estimate of drug-likeness (QED) is 0.863. The van der Waals surface area contributed by atoms with E-state index < -0.39 is 10.0 Å². The zero-order valence-corrected chi connectivity index (χ0v) is 12.7. The van der Waals surface area contributed by atoms with E-state index in [0.717, 1.165) is 11.3 Å². The molecule has 0 saturated carbocycles. The van der Waals surface area contributed by atoms with Gasteiger partial charge in [-0.15, -0.1) is 0 Å². The molecule has 3 N–H and O–H groups in total. The van der Waals surface area contributed by atoms with Gasteiger partial charge in [0.2, 0.25) is 10.0 Å². The Morgan fingerprint density at radius 1 is 1.53 bits per heavy atom. The predicted octanol–water partition coefficient (Wildman–Crippen LogP) is 1.65. The van der Waals surface area contributed by atoms with Gasteiger partial charge in [-0.2, -0.15) is 11.8 Å². The Hall–Kier alpha value is -0.310. The SMILES string of the molecule is CSC(C)(C)CNc1nc(C)c(S(N)(=O)=O)s1. The van der Waals surface area contributed by atoms with Crippen LogP contribution in [-0.4, -0.2) is 30.9 Å². The number of thiazole rings is 1. The van der Waals surface area contributed by atoms with Crippen LogP contribution >= 0.6 is 23.1 Å². The van der Waals surface area contributed by atoms with Gasteiger partial charge >= 0.3 is 0 Å². The monoisotopic (exact) mass is 295 g/mol. The Morgan fingerprint density at radius 2 is 2.12 bits per heavy atom. The van der Waals surface area contributed by atoms with Crippen LogP contribution in [0.2, 0.25) is 0 Å². The van der Waals surface area contributed by atoms with Gasteiger partial charge < -0.3 is 5.32 Å². The number of primary sulfonamides is 1. The molecule has 1 aromatic rings. The van der Waals surface area contributed by atoms with Crippen LogP contribution in [0.1, 0.15) is 19.5 Å². The second-order valence-electron chi connectivity index (χ2n) is 4.25. The molecule has 98 valence electrons. The second-order valence-corrected chi connectivity index (χ2v) is 8.52. The van der Waals surface area contributed by atoms with E-state index in [4.69, 9.17) is 5.14 Å². The third-order valence-electron chi connectivity index (χ3n) is 2.23. The van der Waals surface area contributed by atoms with E-state index in [9.17, 15) is 8.42 Å². The molecule has 8 heteroatoms. The van der Waals surface area contributed by atoms with Gasteiger partial charge in [-0.3, -0.25) is 0 Å². The zero-order chi connectivity index (χ0) is 13.3. The molecule has 1 heterocycles. The number of nitrogens with zero attached hydrogens (tertiary/aromatic N) is 1. The van der Waals surface area contributed by atoms with Crippen LogP contribution in [0.5, 0.6) is 0 Å². The Kier molecular flexibility index (Phi) is 4.45. The molecule has 0 fully saturated rings. The second kappa shape index (κ2) is 5.13. The van der Waals surface area contributed by atoms with Gasteiger partial charge in [0.25, 0.3) is 0 Å². The summed E-state index contributed by atoms with van der Waals surface area (Å²) in [6.07, 6.45) is 2.03. The average Bonchev–Trinajstić information content (AvgIpc) is 2.57. The van der Waals surface area contributed by atoms with Crippen molar-refractivity contribution in [3.05, 3.63) is 5.69 Å². The minimum Gasteiger partial charge on any atom is -0.360 e. The van der Waals surface area contributed by atoms with E-state index in [2.05, 4.69) is 24.1 Å². The van der Waals surface area contributed by atoms with E-state index in [1.807, 2.05) is 6.26 Å². The molecule has 17 heavy (non-hydrogen) atoms. The fourth-order valence-electron chi connectivity index (χ4n) is 1.08. The number of aromatic nitrogens is 1. The van der Waals surface area contributed by atoms with Crippen LogP contribution in [0.15, 0.2) is 4.21 Å². The van der Waals surface area contributed by atoms with Crippen LogP contribution in [0.4, 0.5) is 5.13 Å². The van der Waals surface area contributed by atoms with Crippen LogP contribution in [0, 0.1) is 6.92 Å². The molecule has 1 aromatic heterocycles. The minimum atomic E-state index is -3.66. The first-order valence-electron chi connectivity index (χ1n) is 4.95. The molecule has 0 radical (unpaired) electrons. The molecule has 0 atom stereocenters. The number of nitrogens with one attached hydrogen (secondary N) is 1. The molecule has 0 amide bonds. The van der Waals surface area contributed by atoms with Crippen LogP contribution in [0.3, 0.4) is 0 Å². The minimum absolute atomic E-state index is 0.0708. The predicted molar refractivity (Wildman–Crippen MR) is 74.3 cm³/mol. The van der Waals surface area contributed by atoms with Crippen molar-refractivity contribution in [2.75, 3.05) is 18.1 Å². The first kappa shape index (κ1) is 14.7. The molecule has 5 nitrogen and oxygen atoms in total. The number of thioether (sulfide) groups is 1. The number of rotatable bonds is 5. The molecule has 0 spiro atoms. The number of hydrogen-bond acceptors (Lipinski definition) is 6. The van der Waals surface area contributed by atoms with Crippen molar-refractivity contribution in [3.63, 3.8) is 0 Å². The first-order chi connectivity index (χ1) is 7.65. The maximum atomic E-state index is 11.2. The summed E-state index contributed by atoms with van der Waals surface area (Å²) in [6, 6.07) is 0. The van der Waals surface area contributed by atoms with Gasteiger partial charge in [-0.25, -0.2) is 18.5 Å². The maximum absolute atomic E-state index is 11.2. The van der Waals surface area contributed by atoms with E-state index in [0.29, 0.717) is 17.4 Å². The standard InChI is InChI=1S/C9H17N3O2S3/c1-6-7(17(10,13)14)16-8(12-6)11-5-9(2,3)15-4/h5H2,1-4H3,(H,11,12)(H2,10,13,14). The largest absolute Gasteiger partial charge is 0.360 e. The van der Waals surface area contributed by atoms with Crippen LogP contribution < -0.4 is 10.5 Å². The van der Waals surface area contributed by atoms with E-state index >= 15 is 0 Å². The van der Waals surface area contributed by atoms with Gasteiger partial charge in [-0.1, -0.05) is 11.3 Å². The molecular formula is C9H17N3O2S3. The number of hydrogen-bond donors (Lipinski definition) is 2. The molecule has 0 aliphatic rings. The van der Waals surface area contributed by atoms with Crippen LogP contribution in [-0.2, 0) is 10.0 Å². The maximum Gasteiger partial charge on any atom is 0.249 e. The van der Waals surface area contributed by atoms with Gasteiger partial charge in [0.05, 0.1) is 5.69 Å². The fourth-order valence-corrected chi connectivity index (χ4v) is 3.15. The molecule has 0 unspecified atom stereocenters. The van der Waals surface area contributed by atoms with Crippen LogP contribution in [0.25, 0.3) is 0 Å². The Bertz CT molecular complexity index is 494. The highest BCUT2D eigenvalue weighted by atomic mass is 32.2. The van der Waals surface area contributed by atoms with Crippen molar-refractivity contribution < 1.29 is 8.42 Å². The molecule has 0 saturated heterocycles. The third-order valence-corrected chi connectivity index (χ3v) is 6.15. The zero-order valence-electron chi connectivity index (χ0n) is 10.3. The lowest BCUT2D eigenvalue weighted by Gasteiger charge is -2.21. The molecule has 0 aliphatic carbocycles. The number of aryl methyl sites for hydroxylation is 1. The average molecular weight is 295 g/mol. The lowest BCUT2D eigenvalue weighted by Crippen LogP contribution is -2.25. The van der Waals surface area contributed by atoms with Crippen molar-refractivity contribution >= 4 is 38.3 Å². The summed E-state index contributed by atoms with van der Waals surface area (Å²) in [4.78, 5) is 4.15. The Balaban J connectivity index is 2.82. The van der Waals surface area contributed by atoms with E-state index in [1.165, 1.54) is 0 Å². The lowest BCUT2D eigenvalue weighted by atomic mass is 10.2. The highest BCUT2D eigenvalue weighted by molar-refractivity contribution is 8.00. The molecule has 0 bridgehead atoms. The molecule has 0 aromatic carbocycles. The Morgan fingerprint density at radius 3 is 2.53 bits per heavy atom. The van der Waals surface area contributed by atoms with Crippen molar-refractivity contribution in [2.24, 2.45) is 5.14 Å². The molecule has 1 rings (SSSR count). The highest BCUT2D eigenvalue weighted by Gasteiger charge is 2.20. The summed E-state index contributed by atoms with van der Waals surface area (Å²) >= 11 is 2.81. The highest BCUT2D eigenvalue weighted by Crippen LogP contribution is 2.28. The summed E-state index contributed by atoms with van der Waals surface area (Å²) < 4.78 is 22.7. The van der Waals surface area contributed by atoms with Crippen molar-refractivity contribution in [2.45, 2.75) is 29.7 Å². The normalized spacial score (nSPS) is 12.8. The lowest BCUT2D eigenvalue weighted by molar-refractivity contribution is 0.599. The number of nitrogens with two attached hydrogens (primary N) is 1. The number of anilines is 1. The summed E-state index contributed by atoms with van der Waals surface area (Å²) in [7, 11) is -3.66. The van der Waals surface area contributed by atoms with Crippen molar-refractivity contribution in [1.82, 2.24) is 4.98 Å².